The van der Waals surface area contributed by atoms with Crippen LogP contribution in [0, 0.1) is 5.41 Å². The van der Waals surface area contributed by atoms with Crippen LogP contribution in [0.25, 0.3) is 5.57 Å². The van der Waals surface area contributed by atoms with Crippen LogP contribution < -0.4 is 0 Å². The van der Waals surface area contributed by atoms with Crippen molar-refractivity contribution in [3.05, 3.63) is 29.8 Å². The number of hydrogen-bond donors (Lipinski definition) is 1. The lowest BCUT2D eigenvalue weighted by Gasteiger charge is -2.34. The minimum absolute atomic E-state index is 0.171. The van der Waals surface area contributed by atoms with Crippen LogP contribution in [0.1, 0.15) is 19.4 Å². The summed E-state index contributed by atoms with van der Waals surface area (Å²) in [7, 11) is 0. The normalized spacial score (nSPS) is 19.9. The average molecular weight is 212 g/mol. The maximum atomic E-state index is 9.55. The molecule has 2 aliphatic heterocycles. The highest BCUT2D eigenvalue weighted by atomic mass is 16.3. The maximum absolute atomic E-state index is 9.55. The Labute approximate surface area is 93.9 Å². The van der Waals surface area contributed by atoms with Crippen molar-refractivity contribution in [3.63, 3.8) is 0 Å². The molecule has 0 spiro atoms. The van der Waals surface area contributed by atoms with Crippen LogP contribution in [0.3, 0.4) is 0 Å². The summed E-state index contributed by atoms with van der Waals surface area (Å²) in [6.45, 7) is 4.20. The Hall–Kier alpha value is -1.90. The highest BCUT2D eigenvalue weighted by Gasteiger charge is 2.36. The molecule has 0 amide bonds. The Morgan fingerprint density at radius 1 is 1.25 bits per heavy atom. The van der Waals surface area contributed by atoms with E-state index in [0.29, 0.717) is 0 Å². The van der Waals surface area contributed by atoms with E-state index in [1.807, 2.05) is 12.1 Å². The number of benzene rings is 1. The standard InChI is InChI=1S/C13H12N2O/c1-13(2)10-5-6-14-12(13)15-11-4-3-8(16)7-9(10)11/h3-7,16H,1-2H3. The monoisotopic (exact) mass is 212 g/mol. The molecule has 0 saturated carbocycles. The number of phenols is 1. The molecule has 2 bridgehead atoms. The van der Waals surface area contributed by atoms with Gasteiger partial charge in [-0.3, -0.25) is 0 Å². The van der Waals surface area contributed by atoms with Crippen molar-refractivity contribution in [1.82, 2.24) is 0 Å². The van der Waals surface area contributed by atoms with Gasteiger partial charge < -0.3 is 5.11 Å². The lowest BCUT2D eigenvalue weighted by molar-refractivity contribution is 0.475. The molecular weight excluding hydrogens is 200 g/mol. The second-order valence-corrected chi connectivity index (χ2v) is 4.62. The van der Waals surface area contributed by atoms with E-state index in [4.69, 9.17) is 0 Å². The van der Waals surface area contributed by atoms with E-state index in [1.54, 1.807) is 18.3 Å². The van der Waals surface area contributed by atoms with Crippen molar-refractivity contribution in [3.8, 4) is 5.75 Å². The number of dihydropyridines is 1. The number of allylic oxidation sites excluding steroid dienone is 1. The van der Waals surface area contributed by atoms with Gasteiger partial charge in [0, 0.05) is 11.8 Å². The Balaban J connectivity index is 2.34. The quantitative estimate of drug-likeness (QED) is 0.706. The summed E-state index contributed by atoms with van der Waals surface area (Å²) in [5.41, 5.74) is 2.88. The van der Waals surface area contributed by atoms with Crippen molar-refractivity contribution in [1.29, 1.82) is 0 Å². The molecule has 3 rings (SSSR count). The van der Waals surface area contributed by atoms with Crippen molar-refractivity contribution >= 4 is 23.3 Å². The molecule has 0 saturated heterocycles. The van der Waals surface area contributed by atoms with E-state index < -0.39 is 0 Å². The van der Waals surface area contributed by atoms with E-state index in [0.717, 1.165) is 17.1 Å². The first-order chi connectivity index (χ1) is 7.59. The third-order valence-corrected chi connectivity index (χ3v) is 3.17. The molecule has 0 unspecified atom stereocenters. The number of phenolic OH excluding ortho intramolecular Hbond substituents is 1. The van der Waals surface area contributed by atoms with Crippen molar-refractivity contribution in [2.45, 2.75) is 13.8 Å². The number of fused-ring (bicyclic) bond motifs is 4. The maximum Gasteiger partial charge on any atom is 0.138 e. The number of aromatic hydroxyl groups is 1. The number of aliphatic imine (C=N–C) groups is 2. The number of hydrogen-bond acceptors (Lipinski definition) is 3. The van der Waals surface area contributed by atoms with Gasteiger partial charge in [0.2, 0.25) is 0 Å². The van der Waals surface area contributed by atoms with E-state index in [9.17, 15) is 5.11 Å². The van der Waals surface area contributed by atoms with Gasteiger partial charge >= 0.3 is 0 Å². The van der Waals surface area contributed by atoms with Crippen LogP contribution in [0.15, 0.2) is 34.3 Å². The van der Waals surface area contributed by atoms with Crippen LogP contribution in [-0.4, -0.2) is 17.2 Å². The van der Waals surface area contributed by atoms with E-state index >= 15 is 0 Å². The summed E-state index contributed by atoms with van der Waals surface area (Å²) >= 11 is 0. The van der Waals surface area contributed by atoms with Crippen LogP contribution in [0.4, 0.5) is 5.69 Å². The molecule has 0 atom stereocenters. The lowest BCUT2D eigenvalue weighted by Crippen LogP contribution is -2.29. The van der Waals surface area contributed by atoms with Gasteiger partial charge in [-0.25, -0.2) is 9.98 Å². The molecule has 1 aromatic rings. The summed E-state index contributed by atoms with van der Waals surface area (Å²) < 4.78 is 0. The number of nitrogens with zero attached hydrogens (tertiary/aromatic N) is 2. The first kappa shape index (κ1) is 9.33. The molecule has 3 nitrogen and oxygen atoms in total. The summed E-state index contributed by atoms with van der Waals surface area (Å²) in [6, 6.07) is 5.25. The highest BCUT2D eigenvalue weighted by Crippen LogP contribution is 2.46. The third kappa shape index (κ3) is 1.08. The molecule has 0 aliphatic carbocycles. The minimum Gasteiger partial charge on any atom is -0.508 e. The molecular formula is C13H12N2O. The zero-order valence-electron chi connectivity index (χ0n) is 9.23. The fraction of sp³-hybridized carbons (Fsp3) is 0.231. The van der Waals surface area contributed by atoms with Gasteiger partial charge in [0.1, 0.15) is 11.6 Å². The van der Waals surface area contributed by atoms with Gasteiger partial charge in [-0.05, 0) is 43.7 Å². The summed E-state index contributed by atoms with van der Waals surface area (Å²) in [5.74, 6) is 1.11. The fourth-order valence-electron chi connectivity index (χ4n) is 2.22. The van der Waals surface area contributed by atoms with Gasteiger partial charge in [-0.2, -0.15) is 0 Å². The molecule has 16 heavy (non-hydrogen) atoms. The Morgan fingerprint density at radius 2 is 2.06 bits per heavy atom. The molecule has 3 heteroatoms. The molecule has 2 heterocycles. The molecule has 2 aliphatic rings. The largest absolute Gasteiger partial charge is 0.508 e. The third-order valence-electron chi connectivity index (χ3n) is 3.17. The number of rotatable bonds is 0. The van der Waals surface area contributed by atoms with Crippen LogP contribution in [0.2, 0.25) is 0 Å². The predicted octanol–water partition coefficient (Wildman–Crippen LogP) is 2.93. The second kappa shape index (κ2) is 2.82. The SMILES string of the molecule is CC1(C)C2=CC=NC1=Nc1ccc(O)cc12. The highest BCUT2D eigenvalue weighted by molar-refractivity contribution is 6.14. The molecule has 0 radical (unpaired) electrons. The van der Waals surface area contributed by atoms with Crippen molar-refractivity contribution in [2.24, 2.45) is 15.4 Å². The molecule has 1 aromatic carbocycles. The summed E-state index contributed by atoms with van der Waals surface area (Å²) in [6.07, 6.45) is 3.77. The van der Waals surface area contributed by atoms with Crippen LogP contribution in [0.5, 0.6) is 5.75 Å². The van der Waals surface area contributed by atoms with E-state index in [-0.39, 0.29) is 11.2 Å². The minimum atomic E-state index is -0.171. The first-order valence-electron chi connectivity index (χ1n) is 5.26. The first-order valence-corrected chi connectivity index (χ1v) is 5.26. The number of amidine groups is 1. The Kier molecular flexibility index (Phi) is 1.64. The van der Waals surface area contributed by atoms with E-state index in [1.165, 1.54) is 5.57 Å². The topological polar surface area (TPSA) is 45.0 Å². The van der Waals surface area contributed by atoms with Crippen molar-refractivity contribution in [2.75, 3.05) is 0 Å². The van der Waals surface area contributed by atoms with E-state index in [2.05, 4.69) is 23.8 Å². The Morgan fingerprint density at radius 3 is 2.88 bits per heavy atom. The van der Waals surface area contributed by atoms with Crippen LogP contribution in [-0.2, 0) is 0 Å². The fourth-order valence-corrected chi connectivity index (χ4v) is 2.22. The van der Waals surface area contributed by atoms with Crippen LogP contribution >= 0.6 is 0 Å². The smallest absolute Gasteiger partial charge is 0.138 e. The van der Waals surface area contributed by atoms with Gasteiger partial charge in [0.25, 0.3) is 0 Å². The zero-order chi connectivity index (χ0) is 11.3. The molecule has 0 fully saturated rings. The van der Waals surface area contributed by atoms with Gasteiger partial charge in [0.05, 0.1) is 11.1 Å². The molecule has 1 N–H and O–H groups in total. The van der Waals surface area contributed by atoms with Gasteiger partial charge in [-0.15, -0.1) is 0 Å². The molecule has 80 valence electrons. The lowest BCUT2D eigenvalue weighted by atomic mass is 9.75. The van der Waals surface area contributed by atoms with Gasteiger partial charge in [-0.1, -0.05) is 0 Å². The summed E-state index contributed by atoms with van der Waals surface area (Å²) in [5, 5.41) is 9.55. The molecule has 0 aromatic heterocycles. The van der Waals surface area contributed by atoms with Crippen molar-refractivity contribution < 1.29 is 5.11 Å². The average Bonchev–Trinajstić information content (AvgIpc) is 2.19. The zero-order valence-corrected chi connectivity index (χ0v) is 9.23. The summed E-state index contributed by atoms with van der Waals surface area (Å²) in [4.78, 5) is 8.84. The van der Waals surface area contributed by atoms with Gasteiger partial charge in [0.15, 0.2) is 0 Å². The predicted molar refractivity (Wildman–Crippen MR) is 65.5 cm³/mol. The Bertz CT molecular complexity index is 565. The second-order valence-electron chi connectivity index (χ2n) is 4.62.